The molecule has 0 aliphatic heterocycles. The number of carbonyl (C=O) groups is 2. The molecule has 0 saturated heterocycles. The van der Waals surface area contributed by atoms with Gasteiger partial charge in [0.2, 0.25) is 0 Å². The van der Waals surface area contributed by atoms with Crippen LogP contribution in [0.4, 0.5) is 9.59 Å². The lowest BCUT2D eigenvalue weighted by Gasteiger charge is -2.46. The van der Waals surface area contributed by atoms with Gasteiger partial charge in [-0.3, -0.25) is 0 Å². The third kappa shape index (κ3) is 5.28. The molecular formula is C18H32N2O4. The topological polar surface area (TPSA) is 76.7 Å². The fourth-order valence-electron chi connectivity index (χ4n) is 3.73. The second-order valence-corrected chi connectivity index (χ2v) is 6.98. The van der Waals surface area contributed by atoms with Crippen molar-refractivity contribution in [1.29, 1.82) is 0 Å². The standard InChI is InChI=1S/C18H32N2O4/c1-3-5-11-19-17(21)23-15-13-7-9-14(10-8-13)16(15)24-18(22)20-12-6-4-2/h13-16H,3-12H2,1-2H3,(H,19,21)(H,20,22). The van der Waals surface area contributed by atoms with Crippen LogP contribution in [0.15, 0.2) is 0 Å². The van der Waals surface area contributed by atoms with Gasteiger partial charge < -0.3 is 20.1 Å². The van der Waals surface area contributed by atoms with E-state index in [0.717, 1.165) is 51.4 Å². The van der Waals surface area contributed by atoms with Crippen molar-refractivity contribution in [3.8, 4) is 0 Å². The second-order valence-electron chi connectivity index (χ2n) is 6.98. The maximum Gasteiger partial charge on any atom is 0.407 e. The van der Waals surface area contributed by atoms with Gasteiger partial charge in [0.15, 0.2) is 0 Å². The predicted octanol–water partition coefficient (Wildman–Crippen LogP) is 3.60. The molecule has 0 aromatic carbocycles. The van der Waals surface area contributed by atoms with Crippen LogP contribution in [0, 0.1) is 11.8 Å². The first-order valence-electron chi connectivity index (χ1n) is 9.54. The van der Waals surface area contributed by atoms with Crippen LogP contribution in [0.25, 0.3) is 0 Å². The van der Waals surface area contributed by atoms with Crippen LogP contribution in [0.1, 0.15) is 65.2 Å². The first-order chi connectivity index (χ1) is 11.7. The first-order valence-corrected chi connectivity index (χ1v) is 9.54. The Balaban J connectivity index is 1.88. The summed E-state index contributed by atoms with van der Waals surface area (Å²) in [6.07, 6.45) is 6.73. The summed E-state index contributed by atoms with van der Waals surface area (Å²) in [5.74, 6) is 0.612. The zero-order valence-corrected chi connectivity index (χ0v) is 15.0. The molecule has 0 radical (unpaired) electrons. The highest BCUT2D eigenvalue weighted by atomic mass is 16.6. The number of carbonyl (C=O) groups excluding carboxylic acids is 2. The molecule has 6 heteroatoms. The van der Waals surface area contributed by atoms with Crippen molar-refractivity contribution in [3.05, 3.63) is 0 Å². The molecule has 3 saturated carbocycles. The number of rotatable bonds is 8. The van der Waals surface area contributed by atoms with Crippen molar-refractivity contribution >= 4 is 12.2 Å². The van der Waals surface area contributed by atoms with Gasteiger partial charge in [0, 0.05) is 13.1 Å². The van der Waals surface area contributed by atoms with Gasteiger partial charge >= 0.3 is 12.2 Å². The normalized spacial score (nSPS) is 28.2. The molecule has 3 aliphatic rings. The minimum absolute atomic E-state index is 0.306. The lowest BCUT2D eigenvalue weighted by Crippen LogP contribution is -2.53. The summed E-state index contributed by atoms with van der Waals surface area (Å²) in [6, 6.07) is 0. The Labute approximate surface area is 145 Å². The van der Waals surface area contributed by atoms with Crippen LogP contribution in [-0.2, 0) is 9.47 Å². The van der Waals surface area contributed by atoms with Crippen molar-refractivity contribution in [2.45, 2.75) is 77.4 Å². The molecule has 2 atom stereocenters. The SMILES string of the molecule is CCCCNC(=O)OC1C2CCC(CC2)C1OC(=O)NCCCC. The number of unbranched alkanes of at least 4 members (excludes halogenated alkanes) is 2. The van der Waals surface area contributed by atoms with Gasteiger partial charge in [-0.05, 0) is 50.4 Å². The van der Waals surface area contributed by atoms with E-state index >= 15 is 0 Å². The van der Waals surface area contributed by atoms with Gasteiger partial charge in [0.1, 0.15) is 12.2 Å². The van der Waals surface area contributed by atoms with Crippen LogP contribution in [0.2, 0.25) is 0 Å². The fourth-order valence-corrected chi connectivity index (χ4v) is 3.73. The van der Waals surface area contributed by atoms with E-state index in [2.05, 4.69) is 24.5 Å². The summed E-state index contributed by atoms with van der Waals surface area (Å²) in [7, 11) is 0. The molecule has 2 amide bonds. The van der Waals surface area contributed by atoms with Crippen LogP contribution in [0.5, 0.6) is 0 Å². The van der Waals surface area contributed by atoms with Gasteiger partial charge in [-0.2, -0.15) is 0 Å². The number of fused-ring (bicyclic) bond motifs is 3. The Morgan fingerprint density at radius 3 is 1.50 bits per heavy atom. The van der Waals surface area contributed by atoms with Crippen molar-refractivity contribution in [3.63, 3.8) is 0 Å². The average Bonchev–Trinajstić information content (AvgIpc) is 2.58. The molecule has 2 unspecified atom stereocenters. The first kappa shape index (κ1) is 18.9. The highest BCUT2D eigenvalue weighted by molar-refractivity contribution is 5.68. The van der Waals surface area contributed by atoms with E-state index in [1.54, 1.807) is 0 Å². The third-order valence-electron chi connectivity index (χ3n) is 5.16. The minimum atomic E-state index is -0.388. The monoisotopic (exact) mass is 340 g/mol. The Kier molecular flexibility index (Phi) is 7.66. The van der Waals surface area contributed by atoms with Crippen LogP contribution in [0.3, 0.4) is 0 Å². The molecule has 138 valence electrons. The van der Waals surface area contributed by atoms with E-state index in [1.807, 2.05) is 0 Å². The fraction of sp³-hybridized carbons (Fsp3) is 0.889. The summed E-state index contributed by atoms with van der Waals surface area (Å²) in [5, 5.41) is 5.58. The zero-order valence-electron chi connectivity index (χ0n) is 15.0. The molecule has 2 N–H and O–H groups in total. The van der Waals surface area contributed by atoms with Crippen molar-refractivity contribution in [2.24, 2.45) is 11.8 Å². The van der Waals surface area contributed by atoms with Gasteiger partial charge in [0.05, 0.1) is 0 Å². The molecule has 3 aliphatic carbocycles. The molecule has 2 bridgehead atoms. The molecule has 6 nitrogen and oxygen atoms in total. The number of hydrogen-bond acceptors (Lipinski definition) is 4. The lowest BCUT2D eigenvalue weighted by atomic mass is 9.67. The van der Waals surface area contributed by atoms with Gasteiger partial charge in [-0.15, -0.1) is 0 Å². The van der Waals surface area contributed by atoms with Crippen molar-refractivity contribution in [1.82, 2.24) is 10.6 Å². The van der Waals surface area contributed by atoms with E-state index < -0.39 is 0 Å². The van der Waals surface area contributed by atoms with E-state index in [1.165, 1.54) is 0 Å². The smallest absolute Gasteiger partial charge is 0.407 e. The van der Waals surface area contributed by atoms with Gasteiger partial charge in [0.25, 0.3) is 0 Å². The second kappa shape index (κ2) is 9.74. The average molecular weight is 340 g/mol. The molecule has 3 fully saturated rings. The molecular weight excluding hydrogens is 308 g/mol. The highest BCUT2D eigenvalue weighted by Gasteiger charge is 2.48. The summed E-state index contributed by atoms with van der Waals surface area (Å²) < 4.78 is 11.3. The number of ether oxygens (including phenoxy) is 2. The number of alkyl carbamates (subject to hydrolysis) is 2. The summed E-state index contributed by atoms with van der Waals surface area (Å²) in [5.41, 5.74) is 0. The molecule has 24 heavy (non-hydrogen) atoms. The van der Waals surface area contributed by atoms with E-state index in [0.29, 0.717) is 24.9 Å². The summed E-state index contributed by atoms with van der Waals surface area (Å²) in [4.78, 5) is 24.0. The van der Waals surface area contributed by atoms with E-state index in [9.17, 15) is 9.59 Å². The molecule has 0 heterocycles. The van der Waals surface area contributed by atoms with Crippen LogP contribution < -0.4 is 10.6 Å². The Bertz CT molecular complexity index is 370. The number of nitrogens with one attached hydrogen (secondary N) is 2. The largest absolute Gasteiger partial charge is 0.442 e. The van der Waals surface area contributed by atoms with Crippen LogP contribution >= 0.6 is 0 Å². The van der Waals surface area contributed by atoms with Crippen molar-refractivity contribution < 1.29 is 19.1 Å². The number of amides is 2. The summed E-state index contributed by atoms with van der Waals surface area (Å²) in [6.45, 7) is 5.40. The maximum atomic E-state index is 12.0. The minimum Gasteiger partial charge on any atom is -0.442 e. The maximum absolute atomic E-state index is 12.0. The van der Waals surface area contributed by atoms with Crippen LogP contribution in [-0.4, -0.2) is 37.5 Å². The number of hydrogen-bond donors (Lipinski definition) is 2. The third-order valence-corrected chi connectivity index (χ3v) is 5.16. The molecule has 0 aromatic heterocycles. The molecule has 3 rings (SSSR count). The quantitative estimate of drug-likeness (QED) is 0.662. The summed E-state index contributed by atoms with van der Waals surface area (Å²) >= 11 is 0. The Morgan fingerprint density at radius 2 is 1.17 bits per heavy atom. The Hall–Kier alpha value is -1.46. The predicted molar refractivity (Wildman–Crippen MR) is 91.8 cm³/mol. The van der Waals surface area contributed by atoms with Crippen molar-refractivity contribution in [2.75, 3.05) is 13.1 Å². The molecule has 0 spiro atoms. The molecule has 0 aromatic rings. The van der Waals surface area contributed by atoms with Gasteiger partial charge in [-0.1, -0.05) is 26.7 Å². The van der Waals surface area contributed by atoms with Gasteiger partial charge in [-0.25, -0.2) is 9.59 Å². The van der Waals surface area contributed by atoms with E-state index in [4.69, 9.17) is 9.47 Å². The Morgan fingerprint density at radius 1 is 0.792 bits per heavy atom. The lowest BCUT2D eigenvalue weighted by molar-refractivity contribution is -0.114. The zero-order chi connectivity index (χ0) is 17.4. The van der Waals surface area contributed by atoms with E-state index in [-0.39, 0.29) is 24.4 Å². The highest BCUT2D eigenvalue weighted by Crippen LogP contribution is 2.44.